The van der Waals surface area contributed by atoms with Gasteiger partial charge in [-0.25, -0.2) is 13.2 Å². The molecule has 1 aliphatic rings. The number of nitrogens with one attached hydrogen (secondary N) is 2. The number of urea groups is 1. The molecule has 1 aromatic carbocycles. The van der Waals surface area contributed by atoms with E-state index in [2.05, 4.69) is 10.6 Å². The zero-order valence-corrected chi connectivity index (χ0v) is 14.0. The number of sulfonamides is 1. The van der Waals surface area contributed by atoms with E-state index in [-0.39, 0.29) is 12.1 Å². The Morgan fingerprint density at radius 1 is 1.36 bits per heavy atom. The Morgan fingerprint density at radius 2 is 2.09 bits per heavy atom. The van der Waals surface area contributed by atoms with Gasteiger partial charge >= 0.3 is 6.03 Å². The average molecular weight is 346 g/mol. The molecule has 0 radical (unpaired) electrons. The number of halogens is 1. The van der Waals surface area contributed by atoms with Gasteiger partial charge in [0.25, 0.3) is 0 Å². The van der Waals surface area contributed by atoms with Crippen molar-refractivity contribution in [2.75, 3.05) is 19.3 Å². The topological polar surface area (TPSA) is 78.5 Å². The third kappa shape index (κ3) is 4.59. The molecular weight excluding hydrogens is 326 g/mol. The van der Waals surface area contributed by atoms with E-state index in [9.17, 15) is 13.2 Å². The molecule has 2 rings (SSSR count). The summed E-state index contributed by atoms with van der Waals surface area (Å²) in [6.45, 7) is 1.15. The highest BCUT2D eigenvalue weighted by Gasteiger charge is 2.31. The number of carbonyl (C=O) groups is 1. The maximum absolute atomic E-state index is 11.8. The fourth-order valence-corrected chi connectivity index (χ4v) is 3.92. The molecule has 2 N–H and O–H groups in total. The van der Waals surface area contributed by atoms with Crippen LogP contribution in [0.1, 0.15) is 18.4 Å². The summed E-state index contributed by atoms with van der Waals surface area (Å²) >= 11 is 6.01. The largest absolute Gasteiger partial charge is 0.337 e. The van der Waals surface area contributed by atoms with Crippen LogP contribution in [0.4, 0.5) is 4.79 Å². The van der Waals surface area contributed by atoms with Crippen LogP contribution >= 0.6 is 11.6 Å². The summed E-state index contributed by atoms with van der Waals surface area (Å²) in [4.78, 5) is 11.8. The Bertz CT molecular complexity index is 636. The van der Waals surface area contributed by atoms with Crippen LogP contribution in [-0.2, 0) is 16.6 Å². The first-order chi connectivity index (χ1) is 10.4. The van der Waals surface area contributed by atoms with Crippen LogP contribution in [0, 0.1) is 0 Å². The maximum Gasteiger partial charge on any atom is 0.315 e. The van der Waals surface area contributed by atoms with Crippen LogP contribution in [0.5, 0.6) is 0 Å². The summed E-state index contributed by atoms with van der Waals surface area (Å²) in [5.41, 5.74) is 0.831. The molecule has 0 unspecified atom stereocenters. The van der Waals surface area contributed by atoms with Gasteiger partial charge < -0.3 is 10.6 Å². The molecule has 1 fully saturated rings. The van der Waals surface area contributed by atoms with E-state index >= 15 is 0 Å². The van der Waals surface area contributed by atoms with Gasteiger partial charge in [0, 0.05) is 30.7 Å². The highest BCUT2D eigenvalue weighted by Crippen LogP contribution is 2.19. The monoisotopic (exact) mass is 345 g/mol. The fraction of sp³-hybridized carbons (Fsp3) is 0.500. The van der Waals surface area contributed by atoms with E-state index in [0.717, 1.165) is 18.4 Å². The normalized spacial score (nSPS) is 19.1. The Kier molecular flexibility index (Phi) is 5.66. The number of hydrogen-bond acceptors (Lipinski definition) is 3. The van der Waals surface area contributed by atoms with Gasteiger partial charge in [0.1, 0.15) is 0 Å². The molecule has 22 heavy (non-hydrogen) atoms. The smallest absolute Gasteiger partial charge is 0.315 e. The second-order valence-corrected chi connectivity index (χ2v) is 7.67. The van der Waals surface area contributed by atoms with Gasteiger partial charge in [-0.1, -0.05) is 29.8 Å². The molecule has 6 nitrogen and oxygen atoms in total. The Balaban J connectivity index is 1.80. The van der Waals surface area contributed by atoms with Crippen LogP contribution in [0.3, 0.4) is 0 Å². The van der Waals surface area contributed by atoms with Crippen LogP contribution in [0.25, 0.3) is 0 Å². The molecule has 2 amide bonds. The number of nitrogens with zero attached hydrogens (tertiary/aromatic N) is 1. The first-order valence-corrected chi connectivity index (χ1v) is 9.32. The van der Waals surface area contributed by atoms with Crippen LogP contribution in [0.2, 0.25) is 5.02 Å². The van der Waals surface area contributed by atoms with E-state index in [0.29, 0.717) is 24.7 Å². The summed E-state index contributed by atoms with van der Waals surface area (Å²) in [7, 11) is -3.22. The van der Waals surface area contributed by atoms with Crippen molar-refractivity contribution in [2.45, 2.75) is 25.4 Å². The van der Waals surface area contributed by atoms with E-state index in [1.165, 1.54) is 10.6 Å². The van der Waals surface area contributed by atoms with Gasteiger partial charge in [-0.3, -0.25) is 0 Å². The molecule has 0 aliphatic carbocycles. The second-order valence-electron chi connectivity index (χ2n) is 5.32. The SMILES string of the molecule is CS(=O)(=O)N1CCC[C@@H]1CNC(=O)NCc1ccccc1Cl. The van der Waals surface area contributed by atoms with Crippen LogP contribution in [-0.4, -0.2) is 44.1 Å². The first kappa shape index (κ1) is 17.1. The second kappa shape index (κ2) is 7.30. The molecule has 0 aromatic heterocycles. The predicted octanol–water partition coefficient (Wildman–Crippen LogP) is 1.56. The number of benzene rings is 1. The number of rotatable bonds is 5. The standard InChI is InChI=1S/C14H20ClN3O3S/c1-22(20,21)18-8-4-6-12(18)10-17-14(19)16-9-11-5-2-3-7-13(11)15/h2-3,5,7,12H,4,6,8-10H2,1H3,(H2,16,17,19)/t12-/m1/s1. The summed E-state index contributed by atoms with van der Waals surface area (Å²) in [6, 6.07) is 6.78. The van der Waals surface area contributed by atoms with Gasteiger partial charge in [-0.05, 0) is 24.5 Å². The van der Waals surface area contributed by atoms with Crippen molar-refractivity contribution in [1.82, 2.24) is 14.9 Å². The highest BCUT2D eigenvalue weighted by atomic mass is 35.5. The highest BCUT2D eigenvalue weighted by molar-refractivity contribution is 7.88. The number of carbonyl (C=O) groups excluding carboxylic acids is 1. The summed E-state index contributed by atoms with van der Waals surface area (Å²) < 4.78 is 24.7. The molecule has 8 heteroatoms. The van der Waals surface area contributed by atoms with Crippen molar-refractivity contribution in [2.24, 2.45) is 0 Å². The van der Waals surface area contributed by atoms with Crippen molar-refractivity contribution < 1.29 is 13.2 Å². The van der Waals surface area contributed by atoms with Gasteiger partial charge in [0.2, 0.25) is 10.0 Å². The average Bonchev–Trinajstić information content (AvgIpc) is 2.93. The Labute approximate surface area is 135 Å². The van der Waals surface area contributed by atoms with Gasteiger partial charge in [0.15, 0.2) is 0 Å². The van der Waals surface area contributed by atoms with Gasteiger partial charge in [-0.2, -0.15) is 4.31 Å². The fourth-order valence-electron chi connectivity index (χ4n) is 2.54. The molecule has 0 saturated carbocycles. The van der Waals surface area contributed by atoms with E-state index in [1.54, 1.807) is 6.07 Å². The summed E-state index contributed by atoms with van der Waals surface area (Å²) in [6.07, 6.45) is 2.78. The van der Waals surface area contributed by atoms with Gasteiger partial charge in [0.05, 0.1) is 6.26 Å². The van der Waals surface area contributed by atoms with Crippen LogP contribution < -0.4 is 10.6 Å². The first-order valence-electron chi connectivity index (χ1n) is 7.10. The quantitative estimate of drug-likeness (QED) is 0.850. The molecule has 1 aliphatic heterocycles. The zero-order valence-electron chi connectivity index (χ0n) is 12.4. The summed E-state index contributed by atoms with van der Waals surface area (Å²) in [5, 5.41) is 6.03. The number of hydrogen-bond donors (Lipinski definition) is 2. The molecule has 1 heterocycles. The lowest BCUT2D eigenvalue weighted by atomic mass is 10.2. The third-order valence-electron chi connectivity index (χ3n) is 3.64. The van der Waals surface area contributed by atoms with E-state index in [1.807, 2.05) is 18.2 Å². The lowest BCUT2D eigenvalue weighted by molar-refractivity contribution is 0.237. The zero-order chi connectivity index (χ0) is 16.2. The third-order valence-corrected chi connectivity index (χ3v) is 5.35. The van der Waals surface area contributed by atoms with Crippen molar-refractivity contribution in [1.29, 1.82) is 0 Å². The van der Waals surface area contributed by atoms with Crippen molar-refractivity contribution in [3.8, 4) is 0 Å². The number of amides is 2. The van der Waals surface area contributed by atoms with E-state index < -0.39 is 10.0 Å². The molecule has 0 spiro atoms. The lowest BCUT2D eigenvalue weighted by Gasteiger charge is -2.22. The lowest BCUT2D eigenvalue weighted by Crippen LogP contribution is -2.45. The van der Waals surface area contributed by atoms with Crippen LogP contribution in [0.15, 0.2) is 24.3 Å². The molecule has 122 valence electrons. The predicted molar refractivity (Wildman–Crippen MR) is 86.3 cm³/mol. The minimum Gasteiger partial charge on any atom is -0.337 e. The van der Waals surface area contributed by atoms with Gasteiger partial charge in [-0.15, -0.1) is 0 Å². The Hall–Kier alpha value is -1.31. The molecule has 1 atom stereocenters. The van der Waals surface area contributed by atoms with Crippen molar-refractivity contribution in [3.05, 3.63) is 34.9 Å². The minimum atomic E-state index is -3.22. The Morgan fingerprint density at radius 3 is 2.77 bits per heavy atom. The molecule has 0 bridgehead atoms. The van der Waals surface area contributed by atoms with Crippen molar-refractivity contribution in [3.63, 3.8) is 0 Å². The molecule has 1 saturated heterocycles. The minimum absolute atomic E-state index is 0.166. The molecule has 1 aromatic rings. The van der Waals surface area contributed by atoms with E-state index in [4.69, 9.17) is 11.6 Å². The van der Waals surface area contributed by atoms with Crippen molar-refractivity contribution >= 4 is 27.7 Å². The molecular formula is C14H20ClN3O3S. The maximum atomic E-state index is 11.8. The summed E-state index contributed by atoms with van der Waals surface area (Å²) in [5.74, 6) is 0.